The predicted octanol–water partition coefficient (Wildman–Crippen LogP) is 1.60. The molecule has 10 heteroatoms. The second-order valence-electron chi connectivity index (χ2n) is 5.35. The van der Waals surface area contributed by atoms with E-state index in [1.165, 1.54) is 11.3 Å². The highest BCUT2D eigenvalue weighted by Crippen LogP contribution is 2.25. The smallest absolute Gasteiger partial charge is 0.241 e. The van der Waals surface area contributed by atoms with Gasteiger partial charge in [-0.2, -0.15) is 9.61 Å². The minimum atomic E-state index is -3.65. The number of aryl methyl sites for hydroxylation is 3. The van der Waals surface area contributed by atoms with Crippen molar-refractivity contribution in [3.05, 3.63) is 34.1 Å². The van der Waals surface area contributed by atoms with E-state index in [0.29, 0.717) is 27.1 Å². The Morgan fingerprint density at radius 2 is 1.96 bits per heavy atom. The van der Waals surface area contributed by atoms with E-state index in [-0.39, 0.29) is 11.4 Å². The van der Waals surface area contributed by atoms with Gasteiger partial charge in [0.1, 0.15) is 10.8 Å². The van der Waals surface area contributed by atoms with Gasteiger partial charge < -0.3 is 4.74 Å². The van der Waals surface area contributed by atoms with Gasteiger partial charge in [-0.3, -0.25) is 0 Å². The van der Waals surface area contributed by atoms with Crippen molar-refractivity contribution >= 4 is 26.3 Å². The molecular formula is C14H17N5O3S2. The fourth-order valence-electron chi connectivity index (χ4n) is 2.33. The Balaban J connectivity index is 1.84. The average Bonchev–Trinajstić information content (AvgIpc) is 3.09. The Bertz CT molecular complexity index is 1010. The molecule has 8 nitrogen and oxygen atoms in total. The molecule has 0 aliphatic heterocycles. The van der Waals surface area contributed by atoms with E-state index >= 15 is 0 Å². The summed E-state index contributed by atoms with van der Waals surface area (Å²) in [5.74, 6) is 1.33. The van der Waals surface area contributed by atoms with Crippen LogP contribution in [0.1, 0.15) is 22.0 Å². The van der Waals surface area contributed by atoms with Crippen molar-refractivity contribution in [2.24, 2.45) is 0 Å². The first-order valence-electron chi connectivity index (χ1n) is 7.14. The number of aromatic nitrogens is 4. The molecule has 3 aromatic rings. The van der Waals surface area contributed by atoms with Crippen molar-refractivity contribution in [3.8, 4) is 5.75 Å². The molecule has 0 saturated heterocycles. The second kappa shape index (κ2) is 6.11. The van der Waals surface area contributed by atoms with Crippen LogP contribution in [0, 0.1) is 20.8 Å². The molecule has 0 radical (unpaired) electrons. The lowest BCUT2D eigenvalue weighted by Crippen LogP contribution is -2.24. The highest BCUT2D eigenvalue weighted by Gasteiger charge is 2.19. The molecule has 24 heavy (non-hydrogen) atoms. The summed E-state index contributed by atoms with van der Waals surface area (Å²) in [6.07, 6.45) is 0. The maximum absolute atomic E-state index is 12.6. The van der Waals surface area contributed by atoms with Gasteiger partial charge >= 0.3 is 0 Å². The summed E-state index contributed by atoms with van der Waals surface area (Å²) in [7, 11) is -2.09. The van der Waals surface area contributed by atoms with Gasteiger partial charge in [-0.1, -0.05) is 11.3 Å². The summed E-state index contributed by atoms with van der Waals surface area (Å²) in [5, 5.41) is 12.8. The predicted molar refractivity (Wildman–Crippen MR) is 89.9 cm³/mol. The van der Waals surface area contributed by atoms with Gasteiger partial charge in [-0.25, -0.2) is 13.1 Å². The summed E-state index contributed by atoms with van der Waals surface area (Å²) >= 11 is 1.30. The molecule has 1 aromatic carbocycles. The number of fused-ring (bicyclic) bond motifs is 1. The van der Waals surface area contributed by atoms with E-state index in [1.54, 1.807) is 37.6 Å². The summed E-state index contributed by atoms with van der Waals surface area (Å²) in [4.78, 5) is 0.873. The summed E-state index contributed by atoms with van der Waals surface area (Å²) in [5.41, 5.74) is 1.39. The van der Waals surface area contributed by atoms with E-state index in [1.807, 2.05) is 6.92 Å². The van der Waals surface area contributed by atoms with E-state index in [9.17, 15) is 8.42 Å². The quantitative estimate of drug-likeness (QED) is 0.735. The maximum Gasteiger partial charge on any atom is 0.241 e. The number of rotatable bonds is 5. The molecule has 1 N–H and O–H groups in total. The highest BCUT2D eigenvalue weighted by molar-refractivity contribution is 7.89. The van der Waals surface area contributed by atoms with E-state index in [4.69, 9.17) is 4.74 Å². The zero-order valence-corrected chi connectivity index (χ0v) is 15.3. The van der Waals surface area contributed by atoms with Crippen LogP contribution in [0.5, 0.6) is 5.75 Å². The van der Waals surface area contributed by atoms with Crippen LogP contribution in [0.2, 0.25) is 0 Å². The summed E-state index contributed by atoms with van der Waals surface area (Å²) < 4.78 is 34.6. The third-order valence-corrected chi connectivity index (χ3v) is 6.03. The molecule has 2 heterocycles. The molecule has 128 valence electrons. The lowest BCUT2D eigenvalue weighted by molar-refractivity contribution is 0.411. The normalized spacial score (nSPS) is 12.0. The number of ether oxygens (including phenoxy) is 1. The number of hydrogen-bond donors (Lipinski definition) is 1. The maximum atomic E-state index is 12.6. The number of benzene rings is 1. The van der Waals surface area contributed by atoms with Crippen LogP contribution in [0.25, 0.3) is 4.96 Å². The van der Waals surface area contributed by atoms with Crippen molar-refractivity contribution in [1.82, 2.24) is 24.5 Å². The van der Waals surface area contributed by atoms with Gasteiger partial charge in [0.2, 0.25) is 15.0 Å². The van der Waals surface area contributed by atoms with Crippen molar-refractivity contribution in [1.29, 1.82) is 0 Å². The summed E-state index contributed by atoms with van der Waals surface area (Å²) in [6, 6.07) is 3.33. The van der Waals surface area contributed by atoms with Crippen LogP contribution in [0.4, 0.5) is 0 Å². The first-order valence-corrected chi connectivity index (χ1v) is 9.44. The van der Waals surface area contributed by atoms with Crippen molar-refractivity contribution < 1.29 is 13.2 Å². The van der Waals surface area contributed by atoms with Crippen LogP contribution in [0.3, 0.4) is 0 Å². The fourth-order valence-corrected chi connectivity index (χ4v) is 4.54. The van der Waals surface area contributed by atoms with Crippen molar-refractivity contribution in [3.63, 3.8) is 0 Å². The first-order chi connectivity index (χ1) is 11.3. The molecule has 0 bridgehead atoms. The summed E-state index contributed by atoms with van der Waals surface area (Å²) in [6.45, 7) is 5.43. The Morgan fingerprint density at radius 1 is 1.21 bits per heavy atom. The molecule has 0 aliphatic carbocycles. The standard InChI is InChI=1S/C14H17N5O3S2/c1-8-6-12(9(2)5-11(8)22-4)24(20,21)15-7-13-18-19-10(3)16-17-14(19)23-13/h5-6,15H,7H2,1-4H3. The molecule has 0 amide bonds. The van der Waals surface area contributed by atoms with Crippen molar-refractivity contribution in [2.45, 2.75) is 32.2 Å². The van der Waals surface area contributed by atoms with E-state index in [2.05, 4.69) is 20.0 Å². The number of hydrogen-bond acceptors (Lipinski definition) is 7. The Hall–Kier alpha value is -2.04. The monoisotopic (exact) mass is 367 g/mol. The lowest BCUT2D eigenvalue weighted by Gasteiger charge is -2.12. The number of sulfonamides is 1. The Morgan fingerprint density at radius 3 is 2.62 bits per heavy atom. The Labute approximate surface area is 143 Å². The molecule has 0 atom stereocenters. The third-order valence-electron chi connectivity index (χ3n) is 3.58. The van der Waals surface area contributed by atoms with Gasteiger partial charge in [0.25, 0.3) is 0 Å². The topological polar surface area (TPSA) is 98.5 Å². The minimum absolute atomic E-state index is 0.0975. The first kappa shape index (κ1) is 16.8. The highest BCUT2D eigenvalue weighted by atomic mass is 32.2. The van der Waals surface area contributed by atoms with Crippen LogP contribution >= 0.6 is 11.3 Å². The second-order valence-corrected chi connectivity index (χ2v) is 8.13. The largest absolute Gasteiger partial charge is 0.496 e. The third kappa shape index (κ3) is 2.99. The molecule has 0 fully saturated rings. The van der Waals surface area contributed by atoms with Gasteiger partial charge in [0.05, 0.1) is 18.6 Å². The van der Waals surface area contributed by atoms with Gasteiger partial charge in [0, 0.05) is 0 Å². The minimum Gasteiger partial charge on any atom is -0.496 e. The average molecular weight is 367 g/mol. The van der Waals surface area contributed by atoms with Gasteiger partial charge in [-0.05, 0) is 44.0 Å². The fraction of sp³-hybridized carbons (Fsp3) is 0.357. The molecule has 0 saturated carbocycles. The zero-order valence-electron chi connectivity index (χ0n) is 13.7. The number of nitrogens with zero attached hydrogens (tertiary/aromatic N) is 4. The molecule has 3 rings (SSSR count). The van der Waals surface area contributed by atoms with Gasteiger partial charge in [-0.15, -0.1) is 10.2 Å². The molecular weight excluding hydrogens is 350 g/mol. The SMILES string of the molecule is COc1cc(C)c(S(=O)(=O)NCc2nn3c(C)nnc3s2)cc1C. The van der Waals surface area contributed by atoms with E-state index in [0.717, 1.165) is 5.56 Å². The van der Waals surface area contributed by atoms with Crippen LogP contribution in [-0.4, -0.2) is 35.3 Å². The number of nitrogens with one attached hydrogen (secondary N) is 1. The van der Waals surface area contributed by atoms with E-state index < -0.39 is 10.0 Å². The Kier molecular flexibility index (Phi) is 4.28. The molecule has 0 unspecified atom stereocenters. The van der Waals surface area contributed by atoms with Crippen LogP contribution < -0.4 is 9.46 Å². The zero-order chi connectivity index (χ0) is 17.5. The van der Waals surface area contributed by atoms with Crippen LogP contribution in [0.15, 0.2) is 17.0 Å². The molecule has 2 aromatic heterocycles. The van der Waals surface area contributed by atoms with Gasteiger partial charge in [0.15, 0.2) is 5.82 Å². The lowest BCUT2D eigenvalue weighted by atomic mass is 10.1. The molecule has 0 aliphatic rings. The molecule has 0 spiro atoms. The van der Waals surface area contributed by atoms with Crippen molar-refractivity contribution in [2.75, 3.05) is 7.11 Å². The van der Waals surface area contributed by atoms with Crippen LogP contribution in [-0.2, 0) is 16.6 Å². The number of methoxy groups -OCH3 is 1.